The van der Waals surface area contributed by atoms with E-state index in [-0.39, 0.29) is 28.9 Å². The zero-order valence-electron chi connectivity index (χ0n) is 17.7. The highest BCUT2D eigenvalue weighted by Gasteiger charge is 2.65. The molecule has 3 aliphatic carbocycles. The van der Waals surface area contributed by atoms with Crippen molar-refractivity contribution in [2.24, 2.45) is 11.8 Å². The van der Waals surface area contributed by atoms with Crippen molar-refractivity contribution in [1.29, 1.82) is 0 Å². The number of amides is 1. The van der Waals surface area contributed by atoms with Crippen LogP contribution < -0.4 is 5.32 Å². The number of Topliss-reactive ketones (excluding diaryl/α,β-unsaturated/α-hetero) is 2. The van der Waals surface area contributed by atoms with Gasteiger partial charge in [0.25, 0.3) is 5.91 Å². The zero-order chi connectivity index (χ0) is 23.7. The topological polar surface area (TPSA) is 168 Å². The highest BCUT2D eigenvalue weighted by Crippen LogP contribution is 2.55. The number of rotatable bonds is 2. The fourth-order valence-corrected chi connectivity index (χ4v) is 5.30. The van der Waals surface area contributed by atoms with E-state index in [9.17, 15) is 39.9 Å². The van der Waals surface area contributed by atoms with E-state index in [4.69, 9.17) is 0 Å². The number of likely N-dealkylation sites (N-methyl/N-ethyl adjacent to an activating group) is 2. The molecule has 10 heteroatoms. The second-order valence-electron chi connectivity index (χ2n) is 8.57. The van der Waals surface area contributed by atoms with Crippen LogP contribution in [0.15, 0.2) is 35.1 Å². The number of nitrogens with one attached hydrogen (secondary N) is 1. The van der Waals surface area contributed by atoms with Crippen molar-refractivity contribution in [3.05, 3.63) is 46.2 Å². The van der Waals surface area contributed by atoms with Crippen LogP contribution in [0.4, 0.5) is 0 Å². The van der Waals surface area contributed by atoms with Gasteiger partial charge in [0.15, 0.2) is 11.4 Å². The van der Waals surface area contributed by atoms with E-state index >= 15 is 0 Å². The number of phenolic OH excluding ortho intramolecular Hbond substituents is 1. The molecule has 0 unspecified atom stereocenters. The third-order valence-electron chi connectivity index (χ3n) is 6.78. The Bertz CT molecular complexity index is 1120. The maximum Gasteiger partial charge on any atom is 0.258 e. The summed E-state index contributed by atoms with van der Waals surface area (Å²) in [7, 11) is 4.30. The molecular formula is C22H24N2O8. The first-order valence-electron chi connectivity index (χ1n) is 10.0. The number of carbonyl (C=O) groups excluding carboxylic acids is 3. The lowest BCUT2D eigenvalue weighted by atomic mass is 9.57. The molecule has 5 atom stereocenters. The van der Waals surface area contributed by atoms with E-state index in [1.54, 1.807) is 0 Å². The summed E-state index contributed by atoms with van der Waals surface area (Å²) >= 11 is 0. The smallest absolute Gasteiger partial charge is 0.258 e. The van der Waals surface area contributed by atoms with Crippen molar-refractivity contribution >= 4 is 23.2 Å². The van der Waals surface area contributed by atoms with Gasteiger partial charge < -0.3 is 30.8 Å². The summed E-state index contributed by atoms with van der Waals surface area (Å²) in [5.74, 6) is -7.18. The SMILES string of the molecule is CNC(=O)C1=C(O)[C@@]2(O)C(=O)C3=C(O)c4c(O)cccc4[C@@H](O)[C@H]3C[C@H]2[C@H](N(C)C)C1=O. The minimum Gasteiger partial charge on any atom is -0.508 e. The molecule has 0 heterocycles. The summed E-state index contributed by atoms with van der Waals surface area (Å²) in [6.07, 6.45) is -1.47. The first-order valence-corrected chi connectivity index (χ1v) is 10.0. The number of hydrogen-bond acceptors (Lipinski definition) is 9. The molecule has 0 bridgehead atoms. The first kappa shape index (κ1) is 22.0. The molecular weight excluding hydrogens is 420 g/mol. The van der Waals surface area contributed by atoms with Gasteiger partial charge in [-0.2, -0.15) is 0 Å². The van der Waals surface area contributed by atoms with Crippen molar-refractivity contribution in [3.8, 4) is 5.75 Å². The largest absolute Gasteiger partial charge is 0.508 e. The third kappa shape index (κ3) is 2.60. The van der Waals surface area contributed by atoms with Gasteiger partial charge in [-0.1, -0.05) is 12.1 Å². The number of aliphatic hydroxyl groups excluding tert-OH is 3. The van der Waals surface area contributed by atoms with Crippen LogP contribution in [0.5, 0.6) is 5.75 Å². The standard InChI is InChI=1S/C22H24N2O8/c1-23-21(31)14-18(28)15(24(2)3)10-7-9-13(19(29)22(10,32)20(14)30)17(27)12-8(16(9)26)5-4-6-11(12)25/h4-6,9-10,15-16,25-27,30,32H,7H2,1-3H3,(H,23,31)/t9-,10-,15-,16+,22-/m0/s1. The maximum atomic E-state index is 13.6. The number of fused-ring (bicyclic) bond motifs is 3. The molecule has 0 radical (unpaired) electrons. The molecule has 170 valence electrons. The second kappa shape index (κ2) is 7.16. The van der Waals surface area contributed by atoms with Crippen LogP contribution in [0.25, 0.3) is 5.76 Å². The Morgan fingerprint density at radius 1 is 1.19 bits per heavy atom. The number of nitrogens with zero attached hydrogens (tertiary/aromatic N) is 1. The molecule has 0 aromatic heterocycles. The lowest BCUT2D eigenvalue weighted by Gasteiger charge is -2.51. The molecule has 4 rings (SSSR count). The summed E-state index contributed by atoms with van der Waals surface area (Å²) < 4.78 is 0. The van der Waals surface area contributed by atoms with Crippen molar-refractivity contribution < 1.29 is 39.9 Å². The maximum absolute atomic E-state index is 13.6. The second-order valence-corrected chi connectivity index (χ2v) is 8.57. The summed E-state index contributed by atoms with van der Waals surface area (Å²) in [4.78, 5) is 40.5. The Balaban J connectivity index is 2.01. The number of aliphatic hydroxyl groups is 4. The molecule has 0 saturated heterocycles. The zero-order valence-corrected chi connectivity index (χ0v) is 17.7. The molecule has 6 N–H and O–H groups in total. The molecule has 0 aliphatic heterocycles. The number of hydrogen-bond donors (Lipinski definition) is 6. The van der Waals surface area contributed by atoms with Gasteiger partial charge >= 0.3 is 0 Å². The Morgan fingerprint density at radius 2 is 1.84 bits per heavy atom. The van der Waals surface area contributed by atoms with Crippen LogP contribution in [0.1, 0.15) is 23.7 Å². The quantitative estimate of drug-likeness (QED) is 0.336. The van der Waals surface area contributed by atoms with Crippen molar-refractivity contribution in [1.82, 2.24) is 10.2 Å². The lowest BCUT2D eigenvalue weighted by molar-refractivity contribution is -0.156. The van der Waals surface area contributed by atoms with E-state index < -0.39 is 64.1 Å². The molecule has 1 saturated carbocycles. The molecule has 1 amide bonds. The summed E-state index contributed by atoms with van der Waals surface area (Å²) in [5, 5.41) is 56.7. The highest BCUT2D eigenvalue weighted by molar-refractivity contribution is 6.24. The summed E-state index contributed by atoms with van der Waals surface area (Å²) in [6.45, 7) is 0. The monoisotopic (exact) mass is 444 g/mol. The van der Waals surface area contributed by atoms with Crippen molar-refractivity contribution in [2.75, 3.05) is 21.1 Å². The third-order valence-corrected chi connectivity index (χ3v) is 6.78. The first-order chi connectivity index (χ1) is 15.0. The van der Waals surface area contributed by atoms with Crippen LogP contribution in [0.3, 0.4) is 0 Å². The Labute approximate surface area is 183 Å². The van der Waals surface area contributed by atoms with Gasteiger partial charge in [0.05, 0.1) is 17.7 Å². The molecule has 10 nitrogen and oxygen atoms in total. The van der Waals surface area contributed by atoms with E-state index in [0.717, 1.165) is 0 Å². The van der Waals surface area contributed by atoms with Gasteiger partial charge in [-0.25, -0.2) is 0 Å². The van der Waals surface area contributed by atoms with Crippen LogP contribution >= 0.6 is 0 Å². The average molecular weight is 444 g/mol. The fraction of sp³-hybridized carbons (Fsp3) is 0.409. The van der Waals surface area contributed by atoms with Crippen LogP contribution in [0.2, 0.25) is 0 Å². The normalized spacial score (nSPS) is 31.9. The minimum absolute atomic E-state index is 0.146. The molecule has 1 aromatic rings. The molecule has 1 fully saturated rings. The van der Waals surface area contributed by atoms with Gasteiger partial charge in [-0.15, -0.1) is 0 Å². The number of ketones is 2. The Kier molecular flexibility index (Phi) is 4.92. The number of phenols is 1. The van der Waals surface area contributed by atoms with Gasteiger partial charge in [-0.05, 0) is 32.1 Å². The van der Waals surface area contributed by atoms with Gasteiger partial charge in [0.1, 0.15) is 22.8 Å². The van der Waals surface area contributed by atoms with Crippen molar-refractivity contribution in [2.45, 2.75) is 24.2 Å². The van der Waals surface area contributed by atoms with Gasteiger partial charge in [-0.3, -0.25) is 19.3 Å². The van der Waals surface area contributed by atoms with Gasteiger partial charge in [0, 0.05) is 24.5 Å². The van der Waals surface area contributed by atoms with Crippen LogP contribution in [-0.2, 0) is 14.4 Å². The van der Waals surface area contributed by atoms with Crippen LogP contribution in [0, 0.1) is 11.8 Å². The van der Waals surface area contributed by atoms with Crippen molar-refractivity contribution in [3.63, 3.8) is 0 Å². The van der Waals surface area contributed by atoms with E-state index in [1.165, 1.54) is 44.2 Å². The number of benzene rings is 1. The Hall–Kier alpha value is -3.21. The van der Waals surface area contributed by atoms with E-state index in [1.807, 2.05) is 0 Å². The predicted octanol–water partition coefficient (Wildman–Crippen LogP) is -0.284. The number of carbonyl (C=O) groups is 3. The predicted molar refractivity (Wildman–Crippen MR) is 110 cm³/mol. The number of aromatic hydroxyl groups is 1. The fourth-order valence-electron chi connectivity index (χ4n) is 5.30. The molecule has 0 spiro atoms. The van der Waals surface area contributed by atoms with Gasteiger partial charge in [0.2, 0.25) is 5.78 Å². The molecule has 1 aromatic carbocycles. The highest BCUT2D eigenvalue weighted by atomic mass is 16.3. The Morgan fingerprint density at radius 3 is 2.44 bits per heavy atom. The van der Waals surface area contributed by atoms with Crippen LogP contribution in [-0.4, -0.2) is 80.7 Å². The van der Waals surface area contributed by atoms with E-state index in [2.05, 4.69) is 5.32 Å². The minimum atomic E-state index is -2.69. The lowest BCUT2D eigenvalue weighted by Crippen LogP contribution is -2.66. The average Bonchev–Trinajstić information content (AvgIpc) is 2.73. The summed E-state index contributed by atoms with van der Waals surface area (Å²) in [5.41, 5.74) is -3.75. The molecule has 32 heavy (non-hydrogen) atoms. The van der Waals surface area contributed by atoms with E-state index in [0.29, 0.717) is 0 Å². The molecule has 3 aliphatic rings. The summed E-state index contributed by atoms with van der Waals surface area (Å²) in [6, 6.07) is 3.09.